The predicted molar refractivity (Wildman–Crippen MR) is 99.1 cm³/mol. The van der Waals surface area contributed by atoms with Crippen molar-refractivity contribution in [2.24, 2.45) is 0 Å². The van der Waals surface area contributed by atoms with Crippen molar-refractivity contribution >= 4 is 22.5 Å². The highest BCUT2D eigenvalue weighted by atomic mass is 16.5. The molecule has 0 bridgehead atoms. The van der Waals surface area contributed by atoms with Crippen LogP contribution in [0, 0.1) is 0 Å². The Bertz CT molecular complexity index is 750. The zero-order valence-corrected chi connectivity index (χ0v) is 14.5. The highest BCUT2D eigenvalue weighted by Crippen LogP contribution is 2.29. The van der Waals surface area contributed by atoms with Gasteiger partial charge in [-0.3, -0.25) is 4.79 Å². The molecule has 1 aromatic heterocycles. The van der Waals surface area contributed by atoms with E-state index in [-0.39, 0.29) is 12.0 Å². The maximum atomic E-state index is 12.7. The minimum atomic E-state index is -0.0654. The number of amides is 1. The molecule has 25 heavy (non-hydrogen) atoms. The number of rotatable bonds is 4. The first-order valence-corrected chi connectivity index (χ1v) is 9.35. The average molecular weight is 339 g/mol. The molecule has 1 atom stereocenters. The van der Waals surface area contributed by atoms with Crippen molar-refractivity contribution < 1.29 is 9.53 Å². The Kier molecular flexibility index (Phi) is 4.83. The van der Waals surface area contributed by atoms with Crippen LogP contribution in [0.2, 0.25) is 0 Å². The minimum absolute atomic E-state index is 0.0654. The molecule has 5 nitrogen and oxygen atoms in total. The second-order valence-electron chi connectivity index (χ2n) is 6.93. The summed E-state index contributed by atoms with van der Waals surface area (Å²) in [7, 11) is 0. The number of nitrogens with zero attached hydrogens (tertiary/aromatic N) is 2. The average Bonchev–Trinajstić information content (AvgIpc) is 3.19. The van der Waals surface area contributed by atoms with Crippen molar-refractivity contribution in [3.63, 3.8) is 0 Å². The van der Waals surface area contributed by atoms with E-state index < -0.39 is 0 Å². The SMILES string of the molecule is O=C(NCC1CCCO1)c1cnc(N2CCCCC2)c2ccccc12. The lowest BCUT2D eigenvalue weighted by Gasteiger charge is -2.29. The highest BCUT2D eigenvalue weighted by Gasteiger charge is 2.20. The van der Waals surface area contributed by atoms with Crippen LogP contribution in [-0.4, -0.2) is 43.2 Å². The number of fused-ring (bicyclic) bond motifs is 1. The Morgan fingerprint density at radius 1 is 1.16 bits per heavy atom. The van der Waals surface area contributed by atoms with Gasteiger partial charge < -0.3 is 15.0 Å². The van der Waals surface area contributed by atoms with E-state index >= 15 is 0 Å². The molecule has 0 saturated carbocycles. The summed E-state index contributed by atoms with van der Waals surface area (Å²) in [5.41, 5.74) is 0.648. The van der Waals surface area contributed by atoms with Gasteiger partial charge in [0.05, 0.1) is 11.7 Å². The Labute approximate surface area is 148 Å². The van der Waals surface area contributed by atoms with Gasteiger partial charge in [0, 0.05) is 37.8 Å². The summed E-state index contributed by atoms with van der Waals surface area (Å²) in [6.45, 7) is 3.46. The van der Waals surface area contributed by atoms with Crippen LogP contribution >= 0.6 is 0 Å². The molecule has 1 unspecified atom stereocenters. The maximum Gasteiger partial charge on any atom is 0.253 e. The van der Waals surface area contributed by atoms with E-state index in [0.717, 1.165) is 49.1 Å². The molecular formula is C20H25N3O2. The Hall–Kier alpha value is -2.14. The molecule has 132 valence electrons. The van der Waals surface area contributed by atoms with E-state index in [0.29, 0.717) is 12.1 Å². The first kappa shape index (κ1) is 16.3. The van der Waals surface area contributed by atoms with Gasteiger partial charge >= 0.3 is 0 Å². The molecule has 3 heterocycles. The number of benzene rings is 1. The minimum Gasteiger partial charge on any atom is -0.376 e. The van der Waals surface area contributed by atoms with Gasteiger partial charge in [-0.1, -0.05) is 24.3 Å². The maximum absolute atomic E-state index is 12.7. The number of aromatic nitrogens is 1. The van der Waals surface area contributed by atoms with Crippen LogP contribution in [0.5, 0.6) is 0 Å². The monoisotopic (exact) mass is 339 g/mol. The Balaban J connectivity index is 1.60. The van der Waals surface area contributed by atoms with Crippen molar-refractivity contribution in [2.45, 2.75) is 38.2 Å². The second kappa shape index (κ2) is 7.40. The summed E-state index contributed by atoms with van der Waals surface area (Å²) < 4.78 is 5.59. The van der Waals surface area contributed by atoms with Crippen LogP contribution < -0.4 is 10.2 Å². The summed E-state index contributed by atoms with van der Waals surface area (Å²) in [4.78, 5) is 19.7. The third kappa shape index (κ3) is 3.47. The van der Waals surface area contributed by atoms with Crippen molar-refractivity contribution in [1.82, 2.24) is 10.3 Å². The molecule has 2 aromatic rings. The smallest absolute Gasteiger partial charge is 0.253 e. The van der Waals surface area contributed by atoms with E-state index in [1.165, 1.54) is 19.3 Å². The molecule has 1 amide bonds. The van der Waals surface area contributed by atoms with Crippen molar-refractivity contribution in [3.05, 3.63) is 36.0 Å². The van der Waals surface area contributed by atoms with Crippen molar-refractivity contribution in [3.8, 4) is 0 Å². The number of carbonyl (C=O) groups is 1. The number of nitrogens with one attached hydrogen (secondary N) is 1. The fourth-order valence-corrected chi connectivity index (χ4v) is 3.82. The van der Waals surface area contributed by atoms with Crippen molar-refractivity contribution in [1.29, 1.82) is 0 Å². The first-order valence-electron chi connectivity index (χ1n) is 9.35. The predicted octanol–water partition coefficient (Wildman–Crippen LogP) is 3.13. The standard InChI is InChI=1S/C20H25N3O2/c24-20(22-13-15-7-6-12-25-15)18-14-21-19(23-10-4-1-5-11-23)17-9-3-2-8-16(17)18/h2-3,8-9,14-15H,1,4-7,10-13H2,(H,22,24). The molecule has 5 heteroatoms. The molecule has 0 aliphatic carbocycles. The molecule has 0 radical (unpaired) electrons. The molecule has 4 rings (SSSR count). The van der Waals surface area contributed by atoms with Crippen LogP contribution in [0.1, 0.15) is 42.5 Å². The number of piperidine rings is 1. The van der Waals surface area contributed by atoms with Crippen LogP contribution in [0.25, 0.3) is 10.8 Å². The number of carbonyl (C=O) groups excluding carboxylic acids is 1. The number of hydrogen-bond donors (Lipinski definition) is 1. The first-order chi connectivity index (χ1) is 12.3. The third-order valence-electron chi connectivity index (χ3n) is 5.19. The van der Waals surface area contributed by atoms with Gasteiger partial charge in [-0.05, 0) is 37.5 Å². The van der Waals surface area contributed by atoms with Crippen LogP contribution in [0.4, 0.5) is 5.82 Å². The van der Waals surface area contributed by atoms with Gasteiger partial charge in [0.25, 0.3) is 5.91 Å². The number of pyridine rings is 1. The quantitative estimate of drug-likeness (QED) is 0.930. The fraction of sp³-hybridized carbons (Fsp3) is 0.500. The largest absolute Gasteiger partial charge is 0.376 e. The Morgan fingerprint density at radius 3 is 2.72 bits per heavy atom. The lowest BCUT2D eigenvalue weighted by atomic mass is 10.0. The number of hydrogen-bond acceptors (Lipinski definition) is 4. The summed E-state index contributed by atoms with van der Waals surface area (Å²) in [6, 6.07) is 8.10. The van der Waals surface area contributed by atoms with E-state index in [2.05, 4.69) is 21.3 Å². The van der Waals surface area contributed by atoms with E-state index in [9.17, 15) is 4.79 Å². The van der Waals surface area contributed by atoms with E-state index in [1.54, 1.807) is 6.20 Å². The molecule has 2 aliphatic rings. The van der Waals surface area contributed by atoms with Gasteiger partial charge in [0.2, 0.25) is 0 Å². The summed E-state index contributed by atoms with van der Waals surface area (Å²) in [5, 5.41) is 5.05. The van der Waals surface area contributed by atoms with Gasteiger partial charge in [-0.2, -0.15) is 0 Å². The normalized spacial score (nSPS) is 20.8. The molecule has 2 fully saturated rings. The zero-order chi connectivity index (χ0) is 17.1. The van der Waals surface area contributed by atoms with Gasteiger partial charge in [-0.25, -0.2) is 4.98 Å². The molecule has 0 spiro atoms. The van der Waals surface area contributed by atoms with Gasteiger partial charge in [0.1, 0.15) is 5.82 Å². The highest BCUT2D eigenvalue weighted by molar-refractivity contribution is 6.09. The molecule has 1 N–H and O–H groups in total. The molecule has 2 saturated heterocycles. The number of ether oxygens (including phenoxy) is 1. The number of anilines is 1. The third-order valence-corrected chi connectivity index (χ3v) is 5.19. The molecular weight excluding hydrogens is 314 g/mol. The zero-order valence-electron chi connectivity index (χ0n) is 14.5. The van der Waals surface area contributed by atoms with Crippen LogP contribution in [0.3, 0.4) is 0 Å². The van der Waals surface area contributed by atoms with E-state index in [1.807, 2.05) is 18.2 Å². The fourth-order valence-electron chi connectivity index (χ4n) is 3.82. The topological polar surface area (TPSA) is 54.5 Å². The summed E-state index contributed by atoms with van der Waals surface area (Å²) in [5.74, 6) is 0.940. The van der Waals surface area contributed by atoms with Crippen LogP contribution in [-0.2, 0) is 4.74 Å². The summed E-state index contributed by atoms with van der Waals surface area (Å²) >= 11 is 0. The molecule has 1 aromatic carbocycles. The lowest BCUT2D eigenvalue weighted by Crippen LogP contribution is -2.32. The lowest BCUT2D eigenvalue weighted by molar-refractivity contribution is 0.0859. The Morgan fingerprint density at radius 2 is 1.96 bits per heavy atom. The van der Waals surface area contributed by atoms with Gasteiger partial charge in [-0.15, -0.1) is 0 Å². The summed E-state index contributed by atoms with van der Waals surface area (Å²) in [6.07, 6.45) is 7.69. The van der Waals surface area contributed by atoms with Gasteiger partial charge in [0.15, 0.2) is 0 Å². The second-order valence-corrected chi connectivity index (χ2v) is 6.93. The van der Waals surface area contributed by atoms with Crippen molar-refractivity contribution in [2.75, 3.05) is 31.1 Å². The molecule has 2 aliphatic heterocycles. The van der Waals surface area contributed by atoms with E-state index in [4.69, 9.17) is 4.74 Å². The van der Waals surface area contributed by atoms with Crippen LogP contribution in [0.15, 0.2) is 30.5 Å².